The van der Waals surface area contributed by atoms with Crippen LogP contribution in [0.2, 0.25) is 0 Å². The number of ether oxygens (including phenoxy) is 15. The van der Waals surface area contributed by atoms with Crippen LogP contribution in [0, 0.1) is 23.7 Å². The first kappa shape index (κ1) is 53.0. The standard InChI is InChI=1S/C59H84O19/c1-8-35-34(60)18-42-46(68-35)27(4)21-56(73-42)22-28(5)47-44(74-56)24-57(75-47)23-43-39(72-57)20-41-48(70-43)30(7)49-40(67-41)19-38-29(6)25(2)15-31(65-38)9-11-36-26(3)16-33(64-36)13-14-58-55(62)59(63)54(78-58)53-52(77-59)51(76-58)50-37(69-53)12-10-32(66-50)17-45(61)71-49/h25,27-28,30-44,46-55,60,62-63H,3,6,8-24H2,1-2,4-5,7H3. The average molecular weight is 1100 g/mol. The summed E-state index contributed by atoms with van der Waals surface area (Å²) < 4.78 is 102. The van der Waals surface area contributed by atoms with Crippen LogP contribution in [0.1, 0.15) is 144 Å². The number of carbonyl (C=O) groups excluding carboxylic acids is 1. The molecular weight excluding hydrogens is 1010 g/mol. The zero-order chi connectivity index (χ0) is 53.5. The van der Waals surface area contributed by atoms with Crippen molar-refractivity contribution in [3.63, 3.8) is 0 Å². The normalized spacial score (nSPS) is 60.0. The van der Waals surface area contributed by atoms with Crippen molar-refractivity contribution in [3.8, 4) is 0 Å². The molecule has 32 atom stereocenters. The lowest BCUT2D eigenvalue weighted by molar-refractivity contribution is -0.371. The Morgan fingerprint density at radius 3 is 2.08 bits per heavy atom. The van der Waals surface area contributed by atoms with Crippen molar-refractivity contribution >= 4 is 5.97 Å². The number of hydrogen-bond donors (Lipinski definition) is 3. The third-order valence-corrected chi connectivity index (χ3v) is 21.9. The van der Waals surface area contributed by atoms with E-state index in [2.05, 4.69) is 47.8 Å². The van der Waals surface area contributed by atoms with E-state index in [1.807, 2.05) is 0 Å². The summed E-state index contributed by atoms with van der Waals surface area (Å²) in [7, 11) is 0. The molecule has 3 spiro atoms. The first-order valence-electron chi connectivity index (χ1n) is 30.4. The molecule has 16 fully saturated rings. The van der Waals surface area contributed by atoms with E-state index >= 15 is 0 Å². The van der Waals surface area contributed by atoms with E-state index in [0.29, 0.717) is 70.6 Å². The molecule has 16 saturated heterocycles. The van der Waals surface area contributed by atoms with Gasteiger partial charge in [-0.25, -0.2) is 0 Å². The van der Waals surface area contributed by atoms with Crippen molar-refractivity contribution < 1.29 is 91.2 Å². The number of fused-ring (bicyclic) bond motifs is 10. The number of hydrogen-bond acceptors (Lipinski definition) is 19. The molecule has 12 bridgehead atoms. The van der Waals surface area contributed by atoms with E-state index in [0.717, 1.165) is 36.8 Å². The predicted octanol–water partition coefficient (Wildman–Crippen LogP) is 4.88. The lowest BCUT2D eigenvalue weighted by atomic mass is 9.78. The Bertz CT molecular complexity index is 2360. The maximum absolute atomic E-state index is 14.6. The quantitative estimate of drug-likeness (QED) is 0.236. The number of aliphatic hydroxyl groups excluding tert-OH is 2. The van der Waals surface area contributed by atoms with Crippen LogP contribution in [0.4, 0.5) is 0 Å². The minimum absolute atomic E-state index is 0.0226. The van der Waals surface area contributed by atoms with Gasteiger partial charge in [-0.2, -0.15) is 0 Å². The summed E-state index contributed by atoms with van der Waals surface area (Å²) in [5, 5.41) is 34.7. The fourth-order valence-corrected chi connectivity index (χ4v) is 18.0. The Kier molecular flexibility index (Phi) is 13.0. The summed E-state index contributed by atoms with van der Waals surface area (Å²) >= 11 is 0. The second-order valence-electron chi connectivity index (χ2n) is 27.1. The highest BCUT2D eigenvalue weighted by molar-refractivity contribution is 5.70. The van der Waals surface area contributed by atoms with Gasteiger partial charge in [-0.1, -0.05) is 47.8 Å². The zero-order valence-corrected chi connectivity index (χ0v) is 46.0. The molecule has 0 radical (unpaired) electrons. The SMILES string of the molecule is C=C1CC2CCC34OC5C6OC(CCC6OC6C5OC(O)(C6O3)C4O)CC(=O)OC3C(CC4OC(CCC1O2)CC(C)C4=C)OC1CC2OC4(CC2OC1C3C)CC1OC2(CC(C)C3OC(CC)C(O)CC3O2)CC(C)C1O4. The van der Waals surface area contributed by atoms with Crippen molar-refractivity contribution in [3.05, 3.63) is 24.3 Å². The highest BCUT2D eigenvalue weighted by Crippen LogP contribution is 2.59. The van der Waals surface area contributed by atoms with Crippen molar-refractivity contribution in [2.45, 2.75) is 313 Å². The molecule has 16 heterocycles. The molecule has 19 nitrogen and oxygen atoms in total. The molecule has 0 aromatic carbocycles. The van der Waals surface area contributed by atoms with Crippen molar-refractivity contribution in [2.75, 3.05) is 0 Å². The van der Waals surface area contributed by atoms with Crippen LogP contribution in [-0.4, -0.2) is 191 Å². The highest BCUT2D eigenvalue weighted by Gasteiger charge is 2.79. The number of carbonyl (C=O) groups is 1. The van der Waals surface area contributed by atoms with Crippen LogP contribution in [0.5, 0.6) is 0 Å². The lowest BCUT2D eigenvalue weighted by Crippen LogP contribution is -2.63. The number of rotatable bonds is 1. The third-order valence-electron chi connectivity index (χ3n) is 21.9. The zero-order valence-electron chi connectivity index (χ0n) is 46.0. The smallest absolute Gasteiger partial charge is 0.308 e. The maximum Gasteiger partial charge on any atom is 0.308 e. The van der Waals surface area contributed by atoms with Crippen molar-refractivity contribution in [1.82, 2.24) is 0 Å². The Morgan fingerprint density at radius 2 is 1.24 bits per heavy atom. The van der Waals surface area contributed by atoms with Gasteiger partial charge in [-0.05, 0) is 80.3 Å². The van der Waals surface area contributed by atoms with E-state index in [4.69, 9.17) is 71.1 Å². The van der Waals surface area contributed by atoms with Gasteiger partial charge in [-0.3, -0.25) is 4.79 Å². The Morgan fingerprint density at radius 1 is 0.538 bits per heavy atom. The van der Waals surface area contributed by atoms with Crippen LogP contribution in [0.25, 0.3) is 0 Å². The largest absolute Gasteiger partial charge is 0.459 e. The summed E-state index contributed by atoms with van der Waals surface area (Å²) in [6.07, 6.45) is -1.58. The van der Waals surface area contributed by atoms with E-state index in [1.165, 1.54) is 0 Å². The van der Waals surface area contributed by atoms with E-state index in [-0.39, 0.29) is 110 Å². The molecule has 3 N–H and O–H groups in total. The maximum atomic E-state index is 14.6. The summed E-state index contributed by atoms with van der Waals surface area (Å²) in [5.74, 6) is -5.50. The molecule has 0 amide bonds. The molecule has 16 rings (SSSR count). The van der Waals surface area contributed by atoms with Gasteiger partial charge in [0.1, 0.15) is 36.6 Å². The number of aliphatic hydroxyl groups is 3. The molecule has 0 aliphatic carbocycles. The second kappa shape index (κ2) is 19.1. The Labute approximate surface area is 457 Å². The molecule has 0 saturated carbocycles. The predicted molar refractivity (Wildman–Crippen MR) is 269 cm³/mol. The highest BCUT2D eigenvalue weighted by atomic mass is 16.8. The van der Waals surface area contributed by atoms with Gasteiger partial charge >= 0.3 is 5.97 Å². The van der Waals surface area contributed by atoms with Gasteiger partial charge in [0.05, 0.1) is 110 Å². The van der Waals surface area contributed by atoms with Crippen LogP contribution in [0.15, 0.2) is 24.3 Å². The number of esters is 1. The molecule has 78 heavy (non-hydrogen) atoms. The minimum Gasteiger partial charge on any atom is -0.459 e. The molecule has 0 aromatic heterocycles. The Balaban J connectivity index is 0.674. The molecular formula is C59H84O19. The third kappa shape index (κ3) is 8.45. The van der Waals surface area contributed by atoms with Gasteiger partial charge in [-0.15, -0.1) is 0 Å². The van der Waals surface area contributed by atoms with E-state index in [1.54, 1.807) is 0 Å². The van der Waals surface area contributed by atoms with Crippen LogP contribution in [-0.2, 0) is 75.8 Å². The summed E-state index contributed by atoms with van der Waals surface area (Å²) in [4.78, 5) is 14.6. The van der Waals surface area contributed by atoms with Gasteiger partial charge in [0.2, 0.25) is 11.6 Å². The average Bonchev–Trinajstić information content (AvgIpc) is 4.27. The van der Waals surface area contributed by atoms with Gasteiger partial charge in [0.15, 0.2) is 17.7 Å². The van der Waals surface area contributed by atoms with E-state index < -0.39 is 102 Å². The monoisotopic (exact) mass is 1100 g/mol. The summed E-state index contributed by atoms with van der Waals surface area (Å²) in [5.41, 5.74) is 2.02. The van der Waals surface area contributed by atoms with Gasteiger partial charge in [0.25, 0.3) is 0 Å². The molecule has 434 valence electrons. The first-order chi connectivity index (χ1) is 37.4. The fraction of sp³-hybridized carbons (Fsp3) is 0.915. The van der Waals surface area contributed by atoms with Gasteiger partial charge in [0, 0.05) is 57.3 Å². The fourth-order valence-electron chi connectivity index (χ4n) is 18.0. The first-order valence-corrected chi connectivity index (χ1v) is 30.4. The molecule has 32 unspecified atom stereocenters. The van der Waals surface area contributed by atoms with E-state index in [9.17, 15) is 20.1 Å². The van der Waals surface area contributed by atoms with Crippen LogP contribution < -0.4 is 0 Å². The molecule has 0 aromatic rings. The Hall–Kier alpha value is -1.73. The minimum atomic E-state index is -2.02. The molecule has 19 heteroatoms. The summed E-state index contributed by atoms with van der Waals surface area (Å²) in [6.45, 7) is 19.8. The summed E-state index contributed by atoms with van der Waals surface area (Å²) in [6, 6.07) is 0. The van der Waals surface area contributed by atoms with Crippen LogP contribution >= 0.6 is 0 Å². The lowest BCUT2D eigenvalue weighted by Gasteiger charge is -2.54. The molecule has 16 aliphatic heterocycles. The van der Waals surface area contributed by atoms with Gasteiger partial charge < -0.3 is 86.4 Å². The molecule has 16 aliphatic rings. The van der Waals surface area contributed by atoms with Crippen LogP contribution in [0.3, 0.4) is 0 Å². The van der Waals surface area contributed by atoms with Crippen molar-refractivity contribution in [1.29, 1.82) is 0 Å². The van der Waals surface area contributed by atoms with Crippen molar-refractivity contribution in [2.24, 2.45) is 23.7 Å². The second-order valence-corrected chi connectivity index (χ2v) is 27.1. The topological polar surface area (TPSA) is 216 Å².